The van der Waals surface area contributed by atoms with Gasteiger partial charge >= 0.3 is 12.1 Å². The molecule has 1 amide bonds. The first-order chi connectivity index (χ1) is 14.1. The van der Waals surface area contributed by atoms with E-state index >= 15 is 0 Å². The molecule has 1 saturated carbocycles. The van der Waals surface area contributed by atoms with Crippen molar-refractivity contribution in [1.82, 2.24) is 4.90 Å². The lowest BCUT2D eigenvalue weighted by molar-refractivity contribution is -0.142. The van der Waals surface area contributed by atoms with Gasteiger partial charge in [-0.1, -0.05) is 19.1 Å². The molecule has 164 valence electrons. The van der Waals surface area contributed by atoms with Crippen molar-refractivity contribution >= 4 is 12.1 Å². The van der Waals surface area contributed by atoms with E-state index in [4.69, 9.17) is 9.47 Å². The SMILES string of the molecule is C[C@H](C(=O)O)[C@H](c1ccc2c(c1)O[C@@H](C1CN(C(=O)OC(C)(C)C)C1)CC2)C1CC1. The number of ether oxygens (including phenoxy) is 2. The third-order valence-electron chi connectivity index (χ3n) is 6.60. The topological polar surface area (TPSA) is 76.1 Å². The molecule has 1 aromatic rings. The van der Waals surface area contributed by atoms with E-state index in [1.807, 2.05) is 27.7 Å². The number of hydrogen-bond donors (Lipinski definition) is 1. The minimum absolute atomic E-state index is 0.0446. The number of aliphatic carboxylic acids is 1. The smallest absolute Gasteiger partial charge is 0.410 e. The molecule has 4 rings (SSSR count). The van der Waals surface area contributed by atoms with Crippen LogP contribution in [0.4, 0.5) is 4.79 Å². The number of nitrogens with zero attached hydrogens (tertiary/aromatic N) is 1. The van der Waals surface area contributed by atoms with E-state index in [1.165, 1.54) is 5.56 Å². The lowest BCUT2D eigenvalue weighted by atomic mass is 9.82. The van der Waals surface area contributed by atoms with Crippen LogP contribution in [0.3, 0.4) is 0 Å². The van der Waals surface area contributed by atoms with Crippen molar-refractivity contribution in [2.24, 2.45) is 17.8 Å². The fourth-order valence-electron chi connectivity index (χ4n) is 4.75. The molecule has 1 saturated heterocycles. The molecule has 2 aliphatic heterocycles. The predicted molar refractivity (Wildman–Crippen MR) is 113 cm³/mol. The Morgan fingerprint density at radius 3 is 2.50 bits per heavy atom. The summed E-state index contributed by atoms with van der Waals surface area (Å²) in [6.45, 7) is 8.77. The Labute approximate surface area is 178 Å². The Bertz CT molecular complexity index is 819. The normalized spacial score (nSPS) is 23.6. The summed E-state index contributed by atoms with van der Waals surface area (Å²) in [6, 6.07) is 6.28. The van der Waals surface area contributed by atoms with Crippen molar-refractivity contribution in [3.63, 3.8) is 0 Å². The minimum Gasteiger partial charge on any atom is -0.490 e. The fourth-order valence-corrected chi connectivity index (χ4v) is 4.75. The number of amides is 1. The third kappa shape index (κ3) is 4.42. The Morgan fingerprint density at radius 2 is 1.90 bits per heavy atom. The van der Waals surface area contributed by atoms with Gasteiger partial charge in [0.15, 0.2) is 0 Å². The largest absolute Gasteiger partial charge is 0.490 e. The Kier molecular flexibility index (Phi) is 5.45. The van der Waals surface area contributed by atoms with Crippen molar-refractivity contribution in [3.05, 3.63) is 29.3 Å². The summed E-state index contributed by atoms with van der Waals surface area (Å²) < 4.78 is 11.8. The van der Waals surface area contributed by atoms with Crippen LogP contribution < -0.4 is 4.74 Å². The first-order valence-electron chi connectivity index (χ1n) is 11.1. The summed E-state index contributed by atoms with van der Waals surface area (Å²) >= 11 is 0. The first kappa shape index (κ1) is 21.0. The van der Waals surface area contributed by atoms with Gasteiger partial charge in [0, 0.05) is 19.0 Å². The molecular weight excluding hydrogens is 382 g/mol. The van der Waals surface area contributed by atoms with Gasteiger partial charge in [0.05, 0.1) is 5.92 Å². The van der Waals surface area contributed by atoms with Crippen LogP contribution in [0.15, 0.2) is 18.2 Å². The predicted octanol–water partition coefficient (Wildman–Crippen LogP) is 4.46. The average molecular weight is 416 g/mol. The number of aryl methyl sites for hydroxylation is 1. The standard InChI is InChI=1S/C24H33NO5/c1-14(22(26)27)21(16-6-7-16)17-8-5-15-9-10-19(29-20(15)11-17)18-12-25(13-18)23(28)30-24(2,3)4/h5,8,11,14,16,18-19,21H,6-7,9-10,12-13H2,1-4H3,(H,26,27)/t14-,19+,21-/m0/s1. The third-order valence-corrected chi connectivity index (χ3v) is 6.60. The van der Waals surface area contributed by atoms with E-state index in [2.05, 4.69) is 18.2 Å². The van der Waals surface area contributed by atoms with Crippen LogP contribution in [0.5, 0.6) is 5.75 Å². The number of carboxylic acid groups (broad SMARTS) is 1. The number of fused-ring (bicyclic) bond motifs is 1. The maximum atomic E-state index is 12.2. The van der Waals surface area contributed by atoms with Gasteiger partial charge in [-0.25, -0.2) is 4.79 Å². The van der Waals surface area contributed by atoms with Gasteiger partial charge in [-0.05, 0) is 75.5 Å². The van der Waals surface area contributed by atoms with E-state index in [9.17, 15) is 14.7 Å². The van der Waals surface area contributed by atoms with E-state index < -0.39 is 17.5 Å². The van der Waals surface area contributed by atoms with Crippen LogP contribution >= 0.6 is 0 Å². The number of rotatable bonds is 5. The highest BCUT2D eigenvalue weighted by molar-refractivity contribution is 5.71. The molecule has 0 unspecified atom stereocenters. The monoisotopic (exact) mass is 415 g/mol. The highest BCUT2D eigenvalue weighted by Gasteiger charge is 2.42. The fraction of sp³-hybridized carbons (Fsp3) is 0.667. The Balaban J connectivity index is 1.41. The number of likely N-dealkylation sites (tertiary alicyclic amines) is 1. The minimum atomic E-state index is -0.736. The van der Waals surface area contributed by atoms with Gasteiger partial charge in [0.25, 0.3) is 0 Å². The number of carbonyl (C=O) groups is 2. The zero-order chi connectivity index (χ0) is 21.6. The summed E-state index contributed by atoms with van der Waals surface area (Å²) in [5.41, 5.74) is 1.79. The lowest BCUT2D eigenvalue weighted by Gasteiger charge is -2.44. The quantitative estimate of drug-likeness (QED) is 0.768. The summed E-state index contributed by atoms with van der Waals surface area (Å²) in [5, 5.41) is 9.55. The Hall–Kier alpha value is -2.24. The van der Waals surface area contributed by atoms with Crippen molar-refractivity contribution < 1.29 is 24.2 Å². The number of carboxylic acids is 1. The van der Waals surface area contributed by atoms with Gasteiger partial charge < -0.3 is 19.5 Å². The summed E-state index contributed by atoms with van der Waals surface area (Å²) in [6.07, 6.45) is 3.93. The van der Waals surface area contributed by atoms with Crippen molar-refractivity contribution in [1.29, 1.82) is 0 Å². The van der Waals surface area contributed by atoms with E-state index in [0.29, 0.717) is 24.9 Å². The van der Waals surface area contributed by atoms with Gasteiger partial charge in [0.1, 0.15) is 17.5 Å². The zero-order valence-corrected chi connectivity index (χ0v) is 18.4. The molecule has 3 aliphatic rings. The van der Waals surface area contributed by atoms with E-state index in [1.54, 1.807) is 4.90 Å². The van der Waals surface area contributed by atoms with Crippen LogP contribution in [0.1, 0.15) is 64.0 Å². The van der Waals surface area contributed by atoms with Crippen LogP contribution in [-0.2, 0) is 16.0 Å². The molecule has 0 aromatic heterocycles. The second-order valence-corrected chi connectivity index (χ2v) is 10.2. The molecule has 1 aliphatic carbocycles. The highest BCUT2D eigenvalue weighted by Crippen LogP contribution is 2.48. The van der Waals surface area contributed by atoms with Crippen LogP contribution in [-0.4, -0.2) is 46.9 Å². The summed E-state index contributed by atoms with van der Waals surface area (Å²) in [7, 11) is 0. The molecule has 0 radical (unpaired) electrons. The molecule has 1 N–H and O–H groups in total. The van der Waals surface area contributed by atoms with Crippen molar-refractivity contribution in [2.75, 3.05) is 13.1 Å². The van der Waals surface area contributed by atoms with Crippen LogP contribution in [0, 0.1) is 17.8 Å². The number of hydrogen-bond acceptors (Lipinski definition) is 4. The second-order valence-electron chi connectivity index (χ2n) is 10.2. The molecule has 3 atom stereocenters. The molecule has 0 spiro atoms. The number of benzene rings is 1. The average Bonchev–Trinajstić information content (AvgIpc) is 3.43. The molecule has 2 heterocycles. The molecule has 6 heteroatoms. The van der Waals surface area contributed by atoms with Crippen molar-refractivity contribution in [3.8, 4) is 5.75 Å². The second kappa shape index (κ2) is 7.78. The molecular formula is C24H33NO5. The maximum absolute atomic E-state index is 12.2. The van der Waals surface area contributed by atoms with Crippen molar-refractivity contribution in [2.45, 2.75) is 71.0 Å². The van der Waals surface area contributed by atoms with E-state index in [0.717, 1.165) is 37.0 Å². The Morgan fingerprint density at radius 1 is 1.20 bits per heavy atom. The van der Waals surface area contributed by atoms with Crippen LogP contribution in [0.25, 0.3) is 0 Å². The highest BCUT2D eigenvalue weighted by atomic mass is 16.6. The van der Waals surface area contributed by atoms with Gasteiger partial charge in [-0.2, -0.15) is 0 Å². The molecule has 2 fully saturated rings. The molecule has 6 nitrogen and oxygen atoms in total. The van der Waals surface area contributed by atoms with Gasteiger partial charge in [-0.15, -0.1) is 0 Å². The van der Waals surface area contributed by atoms with E-state index in [-0.39, 0.29) is 18.1 Å². The first-order valence-corrected chi connectivity index (χ1v) is 11.1. The molecule has 30 heavy (non-hydrogen) atoms. The maximum Gasteiger partial charge on any atom is 0.410 e. The molecule has 0 bridgehead atoms. The van der Waals surface area contributed by atoms with Gasteiger partial charge in [0.2, 0.25) is 0 Å². The lowest BCUT2D eigenvalue weighted by Crippen LogP contribution is -2.57. The van der Waals surface area contributed by atoms with Crippen LogP contribution in [0.2, 0.25) is 0 Å². The summed E-state index contributed by atoms with van der Waals surface area (Å²) in [4.78, 5) is 25.6. The zero-order valence-electron chi connectivity index (χ0n) is 18.4. The number of carbonyl (C=O) groups excluding carboxylic acids is 1. The summed E-state index contributed by atoms with van der Waals surface area (Å²) in [5.74, 6) is 0.573. The van der Waals surface area contributed by atoms with Gasteiger partial charge in [-0.3, -0.25) is 4.79 Å². The molecule has 1 aromatic carbocycles.